The fraction of sp³-hybridized carbons (Fsp3) is 0.500. The second kappa shape index (κ2) is 5.77. The molecule has 2 atom stereocenters. The van der Waals surface area contributed by atoms with E-state index in [0.717, 1.165) is 24.3 Å². The molecule has 1 amide bonds. The first kappa shape index (κ1) is 16.8. The van der Waals surface area contributed by atoms with Gasteiger partial charge in [-0.3, -0.25) is 9.59 Å². The molecule has 0 spiro atoms. The van der Waals surface area contributed by atoms with Gasteiger partial charge in [0.25, 0.3) is 5.91 Å². The molecule has 8 heteroatoms. The molecule has 0 bridgehead atoms. The van der Waals surface area contributed by atoms with E-state index in [2.05, 4.69) is 0 Å². The SMILES string of the molecule is O=C(c1ccc(C(F)(F)F)cc1)N1C[C@@H]2COCC[C@]2(C(=O)O)C1. The summed E-state index contributed by atoms with van der Waals surface area (Å²) in [6.45, 7) is 0.872. The Morgan fingerprint density at radius 2 is 1.92 bits per heavy atom. The number of fused-ring (bicyclic) bond motifs is 1. The van der Waals surface area contributed by atoms with E-state index in [0.29, 0.717) is 13.0 Å². The normalized spacial score (nSPS) is 27.0. The highest BCUT2D eigenvalue weighted by Gasteiger charge is 2.54. The van der Waals surface area contributed by atoms with Crippen LogP contribution in [0.2, 0.25) is 0 Å². The van der Waals surface area contributed by atoms with Crippen LogP contribution in [0.4, 0.5) is 13.2 Å². The van der Waals surface area contributed by atoms with Crippen molar-refractivity contribution in [3.63, 3.8) is 0 Å². The molecule has 0 aromatic heterocycles. The summed E-state index contributed by atoms with van der Waals surface area (Å²) in [7, 11) is 0. The van der Waals surface area contributed by atoms with Crippen molar-refractivity contribution in [2.75, 3.05) is 26.3 Å². The van der Waals surface area contributed by atoms with Crippen LogP contribution in [-0.2, 0) is 15.7 Å². The number of likely N-dealkylation sites (tertiary alicyclic amines) is 1. The number of rotatable bonds is 2. The van der Waals surface area contributed by atoms with E-state index < -0.39 is 29.0 Å². The minimum atomic E-state index is -4.46. The van der Waals surface area contributed by atoms with Crippen molar-refractivity contribution in [2.24, 2.45) is 11.3 Å². The number of carbonyl (C=O) groups is 2. The number of halogens is 3. The Morgan fingerprint density at radius 1 is 1.25 bits per heavy atom. The molecular formula is C16H16F3NO4. The molecule has 2 aliphatic heterocycles. The zero-order chi connectivity index (χ0) is 17.5. The van der Waals surface area contributed by atoms with Crippen molar-refractivity contribution in [1.82, 2.24) is 4.90 Å². The zero-order valence-electron chi connectivity index (χ0n) is 12.7. The number of aliphatic carboxylic acids is 1. The number of amides is 1. The summed E-state index contributed by atoms with van der Waals surface area (Å²) in [4.78, 5) is 25.6. The first-order valence-corrected chi connectivity index (χ1v) is 7.52. The number of hydrogen-bond acceptors (Lipinski definition) is 3. The lowest BCUT2D eigenvalue weighted by Crippen LogP contribution is -2.45. The maximum Gasteiger partial charge on any atom is 0.416 e. The highest BCUT2D eigenvalue weighted by molar-refractivity contribution is 5.95. The minimum Gasteiger partial charge on any atom is -0.481 e. The molecule has 1 N–H and O–H groups in total. The van der Waals surface area contributed by atoms with Crippen LogP contribution in [0.15, 0.2) is 24.3 Å². The molecule has 24 heavy (non-hydrogen) atoms. The third-order valence-corrected chi connectivity index (χ3v) is 4.88. The number of alkyl halides is 3. The van der Waals surface area contributed by atoms with Crippen molar-refractivity contribution in [1.29, 1.82) is 0 Å². The molecular weight excluding hydrogens is 327 g/mol. The number of carboxylic acids is 1. The fourth-order valence-corrected chi connectivity index (χ4v) is 3.44. The van der Waals surface area contributed by atoms with Gasteiger partial charge in [0.05, 0.1) is 17.6 Å². The van der Waals surface area contributed by atoms with Crippen LogP contribution in [0.1, 0.15) is 22.3 Å². The lowest BCUT2D eigenvalue weighted by Gasteiger charge is -2.33. The highest BCUT2D eigenvalue weighted by Crippen LogP contribution is 2.43. The van der Waals surface area contributed by atoms with Crippen molar-refractivity contribution in [3.8, 4) is 0 Å². The number of nitrogens with zero attached hydrogens (tertiary/aromatic N) is 1. The smallest absolute Gasteiger partial charge is 0.416 e. The maximum atomic E-state index is 12.6. The summed E-state index contributed by atoms with van der Waals surface area (Å²) >= 11 is 0. The van der Waals surface area contributed by atoms with E-state index in [1.807, 2.05) is 0 Å². The van der Waals surface area contributed by atoms with Crippen LogP contribution in [0.25, 0.3) is 0 Å². The molecule has 130 valence electrons. The van der Waals surface area contributed by atoms with Gasteiger partial charge in [0.15, 0.2) is 0 Å². The molecule has 0 radical (unpaired) electrons. The Hall–Kier alpha value is -2.09. The van der Waals surface area contributed by atoms with Crippen LogP contribution >= 0.6 is 0 Å². The van der Waals surface area contributed by atoms with Gasteiger partial charge in [-0.25, -0.2) is 0 Å². The molecule has 0 unspecified atom stereocenters. The number of benzene rings is 1. The Labute approximate surface area is 136 Å². The number of carbonyl (C=O) groups excluding carboxylic acids is 1. The van der Waals surface area contributed by atoms with Crippen LogP contribution in [0.3, 0.4) is 0 Å². The van der Waals surface area contributed by atoms with Gasteiger partial charge >= 0.3 is 12.1 Å². The molecule has 2 saturated heterocycles. The van der Waals surface area contributed by atoms with Gasteiger partial charge in [0.2, 0.25) is 0 Å². The first-order valence-electron chi connectivity index (χ1n) is 7.52. The molecule has 5 nitrogen and oxygen atoms in total. The summed E-state index contributed by atoms with van der Waals surface area (Å²) < 4.78 is 43.1. The van der Waals surface area contributed by atoms with Gasteiger partial charge < -0.3 is 14.7 Å². The van der Waals surface area contributed by atoms with Crippen LogP contribution in [0.5, 0.6) is 0 Å². The topological polar surface area (TPSA) is 66.8 Å². The van der Waals surface area contributed by atoms with E-state index in [1.165, 1.54) is 4.90 Å². The summed E-state index contributed by atoms with van der Waals surface area (Å²) in [5.74, 6) is -1.72. The van der Waals surface area contributed by atoms with Crippen LogP contribution in [-0.4, -0.2) is 48.2 Å². The van der Waals surface area contributed by atoms with Crippen molar-refractivity contribution in [3.05, 3.63) is 35.4 Å². The van der Waals surface area contributed by atoms with Crippen LogP contribution in [0, 0.1) is 11.3 Å². The van der Waals surface area contributed by atoms with E-state index in [1.54, 1.807) is 0 Å². The largest absolute Gasteiger partial charge is 0.481 e. The predicted molar refractivity (Wildman–Crippen MR) is 76.3 cm³/mol. The molecule has 2 fully saturated rings. The quantitative estimate of drug-likeness (QED) is 0.895. The second-order valence-electron chi connectivity index (χ2n) is 6.24. The van der Waals surface area contributed by atoms with E-state index in [4.69, 9.17) is 4.74 Å². The third kappa shape index (κ3) is 2.75. The molecule has 1 aromatic rings. The zero-order valence-corrected chi connectivity index (χ0v) is 12.7. The number of carboxylic acid groups (broad SMARTS) is 1. The van der Waals surface area contributed by atoms with E-state index >= 15 is 0 Å². The fourth-order valence-electron chi connectivity index (χ4n) is 3.44. The third-order valence-electron chi connectivity index (χ3n) is 4.88. The Morgan fingerprint density at radius 3 is 2.46 bits per heavy atom. The summed E-state index contributed by atoms with van der Waals surface area (Å²) in [6.07, 6.45) is -4.14. The van der Waals surface area contributed by atoms with Crippen molar-refractivity contribution >= 4 is 11.9 Å². The van der Waals surface area contributed by atoms with Gasteiger partial charge in [-0.05, 0) is 30.7 Å². The van der Waals surface area contributed by atoms with Gasteiger partial charge in [-0.1, -0.05) is 0 Å². The lowest BCUT2D eigenvalue weighted by atomic mass is 9.74. The maximum absolute atomic E-state index is 12.6. The standard InChI is InChI=1S/C16H16F3NO4/c17-16(18,19)11-3-1-10(2-4-11)13(21)20-7-12-8-24-6-5-15(12,9-20)14(22)23/h1-4,12H,5-9H2,(H,22,23)/t12-,15+/m1/s1. The van der Waals surface area contributed by atoms with Crippen molar-refractivity contribution in [2.45, 2.75) is 12.6 Å². The first-order chi connectivity index (χ1) is 11.2. The second-order valence-corrected chi connectivity index (χ2v) is 6.24. The molecule has 2 aliphatic rings. The van der Waals surface area contributed by atoms with E-state index in [-0.39, 0.29) is 31.2 Å². The lowest BCUT2D eigenvalue weighted by molar-refractivity contribution is -0.157. The Kier molecular flexibility index (Phi) is 4.03. The van der Waals surface area contributed by atoms with E-state index in [9.17, 15) is 27.9 Å². The molecule has 0 aliphatic carbocycles. The molecule has 2 heterocycles. The molecule has 1 aromatic carbocycles. The summed E-state index contributed by atoms with van der Waals surface area (Å²) in [6, 6.07) is 3.95. The van der Waals surface area contributed by atoms with Crippen LogP contribution < -0.4 is 0 Å². The Bertz CT molecular complexity index is 658. The molecule has 0 saturated carbocycles. The number of ether oxygens (including phenoxy) is 1. The number of hydrogen-bond donors (Lipinski definition) is 1. The van der Waals surface area contributed by atoms with Gasteiger partial charge in [0, 0.05) is 31.2 Å². The van der Waals surface area contributed by atoms with Gasteiger partial charge in [-0.15, -0.1) is 0 Å². The van der Waals surface area contributed by atoms with Crippen molar-refractivity contribution < 1.29 is 32.6 Å². The average Bonchev–Trinajstić information content (AvgIpc) is 2.94. The summed E-state index contributed by atoms with van der Waals surface area (Å²) in [5, 5.41) is 9.58. The molecule has 3 rings (SSSR count). The Balaban J connectivity index is 1.80. The monoisotopic (exact) mass is 343 g/mol. The average molecular weight is 343 g/mol. The predicted octanol–water partition coefficient (Wildman–Crippen LogP) is 2.27. The van der Waals surface area contributed by atoms with Gasteiger partial charge in [0.1, 0.15) is 0 Å². The minimum absolute atomic E-state index is 0.0518. The summed E-state index contributed by atoms with van der Waals surface area (Å²) in [5.41, 5.74) is -1.74. The van der Waals surface area contributed by atoms with Gasteiger partial charge in [-0.2, -0.15) is 13.2 Å². The highest BCUT2D eigenvalue weighted by atomic mass is 19.4.